The van der Waals surface area contributed by atoms with Gasteiger partial charge >= 0.3 is 0 Å². The first-order valence-corrected chi connectivity index (χ1v) is 10.6. The number of nitrogens with zero attached hydrogens (tertiary/aromatic N) is 1. The standard InChI is InChI=1S/C24H31ClN2O2/c1-5-18(4)26-24(29)22(6-2)27(16-20-13-8-7-11-17(20)3)23(28)15-19-12-9-10-14-21(19)25/h7-14,18,22H,5-6,15-16H2,1-4H3,(H,26,29)/t18-,22-/m1/s1. The molecule has 0 aliphatic carbocycles. The highest BCUT2D eigenvalue weighted by molar-refractivity contribution is 6.31. The van der Waals surface area contributed by atoms with Crippen LogP contribution >= 0.6 is 11.6 Å². The Kier molecular flexibility index (Phi) is 8.71. The molecule has 0 bridgehead atoms. The third-order valence-corrected chi connectivity index (χ3v) is 5.66. The molecule has 29 heavy (non-hydrogen) atoms. The number of rotatable bonds is 9. The summed E-state index contributed by atoms with van der Waals surface area (Å²) in [7, 11) is 0. The molecule has 0 fully saturated rings. The van der Waals surface area contributed by atoms with Gasteiger partial charge in [0.25, 0.3) is 0 Å². The lowest BCUT2D eigenvalue weighted by Crippen LogP contribution is -2.51. The second-order valence-electron chi connectivity index (χ2n) is 7.46. The number of amides is 2. The van der Waals surface area contributed by atoms with E-state index in [4.69, 9.17) is 11.6 Å². The van der Waals surface area contributed by atoms with Gasteiger partial charge in [-0.1, -0.05) is 67.9 Å². The molecule has 2 aromatic rings. The van der Waals surface area contributed by atoms with Crippen molar-refractivity contribution in [2.45, 2.75) is 65.6 Å². The maximum Gasteiger partial charge on any atom is 0.243 e. The van der Waals surface area contributed by atoms with Crippen molar-refractivity contribution in [1.29, 1.82) is 0 Å². The third kappa shape index (κ3) is 6.33. The van der Waals surface area contributed by atoms with Crippen molar-refractivity contribution in [3.8, 4) is 0 Å². The summed E-state index contributed by atoms with van der Waals surface area (Å²) in [5, 5.41) is 3.60. The van der Waals surface area contributed by atoms with E-state index < -0.39 is 6.04 Å². The quantitative estimate of drug-likeness (QED) is 0.633. The van der Waals surface area contributed by atoms with Gasteiger partial charge in [0.05, 0.1) is 6.42 Å². The predicted octanol–water partition coefficient (Wildman–Crippen LogP) is 4.91. The molecule has 5 heteroatoms. The molecule has 2 atom stereocenters. The molecule has 0 aromatic heterocycles. The van der Waals surface area contributed by atoms with E-state index >= 15 is 0 Å². The number of benzene rings is 2. The van der Waals surface area contributed by atoms with Crippen LogP contribution in [0.2, 0.25) is 5.02 Å². The largest absolute Gasteiger partial charge is 0.352 e. The average Bonchev–Trinajstić information content (AvgIpc) is 2.70. The SMILES string of the molecule is CC[C@@H](C)NC(=O)[C@@H](CC)N(Cc1ccccc1C)C(=O)Cc1ccccc1Cl. The summed E-state index contributed by atoms with van der Waals surface area (Å²) in [4.78, 5) is 28.0. The molecule has 0 aliphatic heterocycles. The Morgan fingerprint density at radius 1 is 1.00 bits per heavy atom. The lowest BCUT2D eigenvalue weighted by atomic mass is 10.0. The van der Waals surface area contributed by atoms with Crippen LogP contribution in [0.5, 0.6) is 0 Å². The Hall–Kier alpha value is -2.33. The summed E-state index contributed by atoms with van der Waals surface area (Å²) in [6.07, 6.45) is 1.55. The number of halogens is 1. The van der Waals surface area contributed by atoms with Crippen LogP contribution < -0.4 is 5.32 Å². The number of hydrogen-bond donors (Lipinski definition) is 1. The van der Waals surface area contributed by atoms with Gasteiger partial charge in [-0.05, 0) is 49.4 Å². The zero-order chi connectivity index (χ0) is 21.4. The summed E-state index contributed by atoms with van der Waals surface area (Å²) in [5.41, 5.74) is 2.90. The van der Waals surface area contributed by atoms with E-state index in [-0.39, 0.29) is 24.3 Å². The highest BCUT2D eigenvalue weighted by atomic mass is 35.5. The van der Waals surface area contributed by atoms with E-state index in [1.807, 2.05) is 70.2 Å². The normalized spacial score (nSPS) is 12.9. The lowest BCUT2D eigenvalue weighted by Gasteiger charge is -2.32. The van der Waals surface area contributed by atoms with Crippen molar-refractivity contribution >= 4 is 23.4 Å². The van der Waals surface area contributed by atoms with E-state index in [1.165, 1.54) is 0 Å². The Bertz CT molecular complexity index is 837. The third-order valence-electron chi connectivity index (χ3n) is 5.29. The Labute approximate surface area is 179 Å². The van der Waals surface area contributed by atoms with Crippen LogP contribution in [0, 0.1) is 6.92 Å². The fourth-order valence-corrected chi connectivity index (χ4v) is 3.44. The van der Waals surface area contributed by atoms with Gasteiger partial charge < -0.3 is 10.2 Å². The minimum Gasteiger partial charge on any atom is -0.352 e. The minimum atomic E-state index is -0.529. The van der Waals surface area contributed by atoms with Gasteiger partial charge in [0, 0.05) is 17.6 Å². The van der Waals surface area contributed by atoms with Crippen molar-refractivity contribution in [3.63, 3.8) is 0 Å². The average molecular weight is 415 g/mol. The summed E-state index contributed by atoms with van der Waals surface area (Å²) in [6, 6.07) is 14.8. The molecule has 0 saturated carbocycles. The fraction of sp³-hybridized carbons (Fsp3) is 0.417. The Morgan fingerprint density at radius 3 is 2.21 bits per heavy atom. The van der Waals surface area contributed by atoms with Gasteiger partial charge in [0.1, 0.15) is 6.04 Å². The first-order valence-electron chi connectivity index (χ1n) is 10.2. The minimum absolute atomic E-state index is 0.0653. The van der Waals surface area contributed by atoms with Crippen molar-refractivity contribution in [2.75, 3.05) is 0 Å². The van der Waals surface area contributed by atoms with Crippen molar-refractivity contribution < 1.29 is 9.59 Å². The molecular formula is C24H31ClN2O2. The second-order valence-corrected chi connectivity index (χ2v) is 7.87. The number of carbonyl (C=O) groups excluding carboxylic acids is 2. The predicted molar refractivity (Wildman–Crippen MR) is 119 cm³/mol. The zero-order valence-electron chi connectivity index (χ0n) is 17.7. The van der Waals surface area contributed by atoms with Gasteiger partial charge in [0.2, 0.25) is 11.8 Å². The monoisotopic (exact) mass is 414 g/mol. The van der Waals surface area contributed by atoms with Gasteiger partial charge in [-0.25, -0.2) is 0 Å². The first-order chi connectivity index (χ1) is 13.9. The van der Waals surface area contributed by atoms with Crippen LogP contribution in [-0.2, 0) is 22.6 Å². The molecule has 2 rings (SSSR count). The Morgan fingerprint density at radius 2 is 1.62 bits per heavy atom. The molecule has 156 valence electrons. The van der Waals surface area contributed by atoms with E-state index in [9.17, 15) is 9.59 Å². The lowest BCUT2D eigenvalue weighted by molar-refractivity contribution is -0.141. The van der Waals surface area contributed by atoms with Gasteiger partial charge in [0.15, 0.2) is 0 Å². The van der Waals surface area contributed by atoms with Gasteiger partial charge in [-0.3, -0.25) is 9.59 Å². The number of aryl methyl sites for hydroxylation is 1. The van der Waals surface area contributed by atoms with E-state index in [0.29, 0.717) is 18.0 Å². The van der Waals surface area contributed by atoms with Crippen molar-refractivity contribution in [1.82, 2.24) is 10.2 Å². The van der Waals surface area contributed by atoms with E-state index in [2.05, 4.69) is 5.32 Å². The molecule has 2 amide bonds. The Balaban J connectivity index is 2.33. The summed E-state index contributed by atoms with van der Waals surface area (Å²) in [5.74, 6) is -0.213. The van der Waals surface area contributed by atoms with Crippen LogP contribution in [0.15, 0.2) is 48.5 Å². The molecule has 0 aliphatic rings. The molecule has 2 aromatic carbocycles. The topological polar surface area (TPSA) is 49.4 Å². The molecule has 0 radical (unpaired) electrons. The fourth-order valence-electron chi connectivity index (χ4n) is 3.24. The molecule has 1 N–H and O–H groups in total. The van der Waals surface area contributed by atoms with Crippen LogP contribution in [0.25, 0.3) is 0 Å². The highest BCUT2D eigenvalue weighted by Gasteiger charge is 2.29. The number of nitrogens with one attached hydrogen (secondary N) is 1. The first kappa shape index (κ1) is 23.0. The van der Waals surface area contributed by atoms with Crippen LogP contribution in [0.3, 0.4) is 0 Å². The van der Waals surface area contributed by atoms with Crippen LogP contribution in [-0.4, -0.2) is 28.8 Å². The van der Waals surface area contributed by atoms with Crippen LogP contribution in [0.1, 0.15) is 50.3 Å². The van der Waals surface area contributed by atoms with Gasteiger partial charge in [-0.2, -0.15) is 0 Å². The molecular weight excluding hydrogens is 384 g/mol. The zero-order valence-corrected chi connectivity index (χ0v) is 18.5. The van der Waals surface area contributed by atoms with Crippen molar-refractivity contribution in [2.24, 2.45) is 0 Å². The van der Waals surface area contributed by atoms with E-state index in [1.54, 1.807) is 11.0 Å². The second kappa shape index (κ2) is 11.0. The molecule has 4 nitrogen and oxygen atoms in total. The van der Waals surface area contributed by atoms with Gasteiger partial charge in [-0.15, -0.1) is 0 Å². The van der Waals surface area contributed by atoms with E-state index in [0.717, 1.165) is 23.1 Å². The van der Waals surface area contributed by atoms with Crippen LogP contribution in [0.4, 0.5) is 0 Å². The summed E-state index contributed by atoms with van der Waals surface area (Å²) < 4.78 is 0. The molecule has 0 heterocycles. The van der Waals surface area contributed by atoms with Crippen molar-refractivity contribution in [3.05, 3.63) is 70.2 Å². The smallest absolute Gasteiger partial charge is 0.243 e. The maximum absolute atomic E-state index is 13.3. The maximum atomic E-state index is 13.3. The molecule has 0 unspecified atom stereocenters. The molecule has 0 spiro atoms. The highest BCUT2D eigenvalue weighted by Crippen LogP contribution is 2.20. The number of hydrogen-bond acceptors (Lipinski definition) is 2. The molecule has 0 saturated heterocycles. The summed E-state index contributed by atoms with van der Waals surface area (Å²) >= 11 is 6.27. The number of carbonyl (C=O) groups is 2. The summed E-state index contributed by atoms with van der Waals surface area (Å²) in [6.45, 7) is 8.35.